The second-order valence-electron chi connectivity index (χ2n) is 8.17. The maximum atomic E-state index is 13.1. The summed E-state index contributed by atoms with van der Waals surface area (Å²) >= 11 is 0. The molecule has 0 unspecified atom stereocenters. The normalized spacial score (nSPS) is 15.3. The lowest BCUT2D eigenvalue weighted by Crippen LogP contribution is -2.47. The molecule has 31 heavy (non-hydrogen) atoms. The Morgan fingerprint density at radius 2 is 1.77 bits per heavy atom. The van der Waals surface area contributed by atoms with Crippen molar-refractivity contribution in [1.82, 2.24) is 5.32 Å². The lowest BCUT2D eigenvalue weighted by molar-refractivity contribution is -0.150. The van der Waals surface area contributed by atoms with Crippen LogP contribution in [0.1, 0.15) is 56.5 Å². The van der Waals surface area contributed by atoms with E-state index in [1.807, 2.05) is 30.3 Å². The molecular formula is C24H30N2O5. The molecule has 0 aliphatic heterocycles. The van der Waals surface area contributed by atoms with Crippen LogP contribution < -0.4 is 10.2 Å². The Hall–Kier alpha value is -3.09. The Kier molecular flexibility index (Phi) is 7.87. The monoisotopic (exact) mass is 426 g/mol. The van der Waals surface area contributed by atoms with E-state index < -0.39 is 17.9 Å². The quantitative estimate of drug-likeness (QED) is 0.646. The van der Waals surface area contributed by atoms with Crippen molar-refractivity contribution in [2.75, 3.05) is 11.5 Å². The number of para-hydroxylation sites is 1. The van der Waals surface area contributed by atoms with Crippen molar-refractivity contribution in [3.63, 3.8) is 0 Å². The smallest absolute Gasteiger partial charge is 0.329 e. The molecule has 0 radical (unpaired) electrons. The third kappa shape index (κ3) is 5.96. The predicted molar refractivity (Wildman–Crippen MR) is 117 cm³/mol. The summed E-state index contributed by atoms with van der Waals surface area (Å²) in [6.07, 6.45) is 6.59. The van der Waals surface area contributed by atoms with Crippen LogP contribution in [0.15, 0.2) is 53.1 Å². The molecule has 1 aliphatic carbocycles. The van der Waals surface area contributed by atoms with Gasteiger partial charge in [0, 0.05) is 11.7 Å². The van der Waals surface area contributed by atoms with Crippen LogP contribution in [0, 0.1) is 5.92 Å². The Morgan fingerprint density at radius 1 is 1.06 bits per heavy atom. The van der Waals surface area contributed by atoms with Crippen LogP contribution in [-0.2, 0) is 14.3 Å². The van der Waals surface area contributed by atoms with Crippen LogP contribution in [0.5, 0.6) is 0 Å². The van der Waals surface area contributed by atoms with Gasteiger partial charge in [-0.2, -0.15) is 0 Å². The van der Waals surface area contributed by atoms with Gasteiger partial charge in [-0.25, -0.2) is 4.79 Å². The highest BCUT2D eigenvalue weighted by molar-refractivity contribution is 5.97. The van der Waals surface area contributed by atoms with E-state index in [0.29, 0.717) is 0 Å². The molecule has 1 N–H and O–H groups in total. The van der Waals surface area contributed by atoms with Crippen LogP contribution in [0.3, 0.4) is 0 Å². The van der Waals surface area contributed by atoms with E-state index in [2.05, 4.69) is 5.32 Å². The van der Waals surface area contributed by atoms with E-state index in [-0.39, 0.29) is 30.2 Å². The summed E-state index contributed by atoms with van der Waals surface area (Å²) in [7, 11) is 0. The van der Waals surface area contributed by atoms with Gasteiger partial charge in [-0.15, -0.1) is 0 Å². The van der Waals surface area contributed by atoms with Crippen molar-refractivity contribution >= 4 is 23.5 Å². The molecular weight excluding hydrogens is 396 g/mol. The SMILES string of the molecule is CC(C)[C@H](NC(=O)c1ccco1)C(=O)OCC(=O)N(c1ccccc1)C1CCCCC1. The first-order valence-electron chi connectivity index (χ1n) is 10.9. The number of hydrogen-bond acceptors (Lipinski definition) is 5. The average molecular weight is 427 g/mol. The minimum absolute atomic E-state index is 0.0990. The Bertz CT molecular complexity index is 857. The molecule has 0 saturated heterocycles. The van der Waals surface area contributed by atoms with E-state index in [4.69, 9.17) is 9.15 Å². The molecule has 2 amide bonds. The highest BCUT2D eigenvalue weighted by atomic mass is 16.5. The van der Waals surface area contributed by atoms with Crippen LogP contribution in [0.4, 0.5) is 5.69 Å². The standard InChI is InChI=1S/C24H30N2O5/c1-17(2)22(25-23(28)20-14-9-15-30-20)24(29)31-16-21(27)26(18-10-5-3-6-11-18)19-12-7-4-8-13-19/h3,5-6,9-11,14-15,17,19,22H,4,7-8,12-13,16H2,1-2H3,(H,25,28)/t22-/m0/s1. The maximum Gasteiger partial charge on any atom is 0.329 e. The number of esters is 1. The van der Waals surface area contributed by atoms with Gasteiger partial charge in [0.05, 0.1) is 6.26 Å². The largest absolute Gasteiger partial charge is 0.459 e. The van der Waals surface area contributed by atoms with Gasteiger partial charge in [-0.3, -0.25) is 9.59 Å². The van der Waals surface area contributed by atoms with Gasteiger partial charge in [0.1, 0.15) is 6.04 Å². The van der Waals surface area contributed by atoms with E-state index in [1.165, 1.54) is 18.8 Å². The Balaban J connectivity index is 1.65. The molecule has 166 valence electrons. The van der Waals surface area contributed by atoms with Gasteiger partial charge >= 0.3 is 5.97 Å². The minimum Gasteiger partial charge on any atom is -0.459 e. The van der Waals surface area contributed by atoms with E-state index in [9.17, 15) is 14.4 Å². The third-order valence-corrected chi connectivity index (χ3v) is 5.53. The molecule has 7 heteroatoms. The lowest BCUT2D eigenvalue weighted by Gasteiger charge is -2.34. The minimum atomic E-state index is -0.884. The zero-order valence-electron chi connectivity index (χ0n) is 18.1. The molecule has 1 aromatic carbocycles. The molecule has 1 heterocycles. The van der Waals surface area contributed by atoms with Crippen molar-refractivity contribution in [2.24, 2.45) is 5.92 Å². The summed E-state index contributed by atoms with van der Waals surface area (Å²) < 4.78 is 10.4. The fourth-order valence-corrected chi connectivity index (χ4v) is 3.90. The van der Waals surface area contributed by atoms with Crippen molar-refractivity contribution in [3.8, 4) is 0 Å². The summed E-state index contributed by atoms with van der Waals surface area (Å²) in [4.78, 5) is 39.8. The summed E-state index contributed by atoms with van der Waals surface area (Å²) in [6.45, 7) is 3.23. The predicted octanol–water partition coefficient (Wildman–Crippen LogP) is 3.94. The lowest BCUT2D eigenvalue weighted by atomic mass is 9.93. The molecule has 2 aromatic rings. The maximum absolute atomic E-state index is 13.1. The number of carbonyl (C=O) groups excluding carboxylic acids is 3. The number of anilines is 1. The molecule has 1 aromatic heterocycles. The fraction of sp³-hybridized carbons (Fsp3) is 0.458. The van der Waals surface area contributed by atoms with Crippen molar-refractivity contribution in [1.29, 1.82) is 0 Å². The first kappa shape index (κ1) is 22.6. The number of amides is 2. The first-order chi connectivity index (χ1) is 15.0. The Morgan fingerprint density at radius 3 is 2.39 bits per heavy atom. The van der Waals surface area contributed by atoms with Crippen molar-refractivity contribution < 1.29 is 23.5 Å². The van der Waals surface area contributed by atoms with Crippen LogP contribution in [-0.4, -0.2) is 36.5 Å². The summed E-state index contributed by atoms with van der Waals surface area (Å²) in [5, 5.41) is 2.63. The number of benzene rings is 1. The summed E-state index contributed by atoms with van der Waals surface area (Å²) in [5.41, 5.74) is 0.807. The van der Waals surface area contributed by atoms with E-state index in [1.54, 1.807) is 24.8 Å². The highest BCUT2D eigenvalue weighted by Crippen LogP contribution is 2.27. The summed E-state index contributed by atoms with van der Waals surface area (Å²) in [5.74, 6) is -1.50. The summed E-state index contributed by atoms with van der Waals surface area (Å²) in [6, 6.07) is 11.8. The Labute approximate surface area is 182 Å². The van der Waals surface area contributed by atoms with Crippen molar-refractivity contribution in [2.45, 2.75) is 58.0 Å². The molecule has 1 fully saturated rings. The topological polar surface area (TPSA) is 88.9 Å². The first-order valence-corrected chi connectivity index (χ1v) is 10.9. The van der Waals surface area contributed by atoms with Gasteiger partial charge in [0.25, 0.3) is 11.8 Å². The molecule has 1 saturated carbocycles. The zero-order valence-corrected chi connectivity index (χ0v) is 18.1. The van der Waals surface area contributed by atoms with Crippen LogP contribution in [0.25, 0.3) is 0 Å². The molecule has 1 aliphatic rings. The van der Waals surface area contributed by atoms with Gasteiger partial charge in [-0.05, 0) is 43.0 Å². The highest BCUT2D eigenvalue weighted by Gasteiger charge is 2.30. The fourth-order valence-electron chi connectivity index (χ4n) is 3.90. The molecule has 1 atom stereocenters. The number of nitrogens with zero attached hydrogens (tertiary/aromatic N) is 1. The number of rotatable bonds is 8. The third-order valence-electron chi connectivity index (χ3n) is 5.53. The number of carbonyl (C=O) groups is 3. The molecule has 3 rings (SSSR count). The second-order valence-corrected chi connectivity index (χ2v) is 8.17. The molecule has 7 nitrogen and oxygen atoms in total. The second kappa shape index (κ2) is 10.8. The van der Waals surface area contributed by atoms with E-state index in [0.717, 1.165) is 31.4 Å². The number of nitrogens with one attached hydrogen (secondary N) is 1. The molecule has 0 bridgehead atoms. The number of ether oxygens (including phenoxy) is 1. The number of furan rings is 1. The van der Waals surface area contributed by atoms with Crippen molar-refractivity contribution in [3.05, 3.63) is 54.5 Å². The number of hydrogen-bond donors (Lipinski definition) is 1. The van der Waals surface area contributed by atoms with Gasteiger partial charge in [0.15, 0.2) is 12.4 Å². The van der Waals surface area contributed by atoms with E-state index >= 15 is 0 Å². The van der Waals surface area contributed by atoms with Crippen LogP contribution in [0.2, 0.25) is 0 Å². The molecule has 0 spiro atoms. The zero-order chi connectivity index (χ0) is 22.2. The van der Waals surface area contributed by atoms with Crippen LogP contribution >= 0.6 is 0 Å². The van der Waals surface area contributed by atoms with Gasteiger partial charge in [0.2, 0.25) is 0 Å². The van der Waals surface area contributed by atoms with Gasteiger partial charge < -0.3 is 19.4 Å². The average Bonchev–Trinajstić information content (AvgIpc) is 3.32. The van der Waals surface area contributed by atoms with Gasteiger partial charge in [-0.1, -0.05) is 51.3 Å².